The molecule has 23 heavy (non-hydrogen) atoms. The van der Waals surface area contributed by atoms with Crippen LogP contribution in [0.3, 0.4) is 0 Å². The van der Waals surface area contributed by atoms with Crippen molar-refractivity contribution in [3.63, 3.8) is 0 Å². The minimum atomic E-state index is 0.238. The van der Waals surface area contributed by atoms with Crippen LogP contribution in [0.5, 0.6) is 0 Å². The number of hydrogen-bond donors (Lipinski definition) is 0. The zero-order chi connectivity index (χ0) is 15.9. The Morgan fingerprint density at radius 3 is 2.52 bits per heavy atom. The lowest BCUT2D eigenvalue weighted by Gasteiger charge is -2.61. The summed E-state index contributed by atoms with van der Waals surface area (Å²) < 4.78 is 6.22. The molecule has 0 amide bonds. The first-order valence-electron chi connectivity index (χ1n) is 9.86. The minimum absolute atomic E-state index is 0.238. The Labute approximate surface area is 140 Å². The van der Waals surface area contributed by atoms with Crippen LogP contribution in [0.4, 0.5) is 0 Å². The van der Waals surface area contributed by atoms with Crippen molar-refractivity contribution in [2.45, 2.75) is 77.2 Å². The number of ether oxygens (including phenoxy) is 1. The van der Waals surface area contributed by atoms with Crippen LogP contribution in [0.2, 0.25) is 0 Å². The Kier molecular flexibility index (Phi) is 2.88. The lowest BCUT2D eigenvalue weighted by molar-refractivity contribution is -0.226. The van der Waals surface area contributed by atoms with Crippen molar-refractivity contribution in [3.05, 3.63) is 11.6 Å². The summed E-state index contributed by atoms with van der Waals surface area (Å²) in [6.45, 7) is 6.02. The van der Waals surface area contributed by atoms with Gasteiger partial charge in [-0.25, -0.2) is 0 Å². The SMILES string of the molecule is CC12CCC(=O)C=C1CCC1C2CCC2(C)C1CCC21CCO1. The zero-order valence-electron chi connectivity index (χ0n) is 14.7. The second-order valence-electron chi connectivity index (χ2n) is 9.56. The van der Waals surface area contributed by atoms with Gasteiger partial charge in [0.1, 0.15) is 0 Å². The van der Waals surface area contributed by atoms with Crippen molar-refractivity contribution in [2.75, 3.05) is 6.61 Å². The van der Waals surface area contributed by atoms with E-state index in [4.69, 9.17) is 4.74 Å². The van der Waals surface area contributed by atoms with Gasteiger partial charge >= 0.3 is 0 Å². The summed E-state index contributed by atoms with van der Waals surface area (Å²) in [5.41, 5.74) is 2.47. The number of allylic oxidation sites excluding steroid dienone is 1. The van der Waals surface area contributed by atoms with Crippen LogP contribution in [0.15, 0.2) is 11.6 Å². The van der Waals surface area contributed by atoms with Crippen LogP contribution in [0, 0.1) is 28.6 Å². The van der Waals surface area contributed by atoms with Gasteiger partial charge in [-0.05, 0) is 79.6 Å². The van der Waals surface area contributed by atoms with Crippen molar-refractivity contribution in [1.29, 1.82) is 0 Å². The highest BCUT2D eigenvalue weighted by molar-refractivity contribution is 5.91. The Morgan fingerprint density at radius 1 is 1.00 bits per heavy atom. The van der Waals surface area contributed by atoms with E-state index >= 15 is 0 Å². The third kappa shape index (κ3) is 1.67. The van der Waals surface area contributed by atoms with E-state index in [1.165, 1.54) is 50.5 Å². The first kappa shape index (κ1) is 14.7. The molecular weight excluding hydrogens is 284 g/mol. The third-order valence-electron chi connectivity index (χ3n) is 9.14. The fourth-order valence-corrected chi connectivity index (χ4v) is 7.65. The number of fused-ring (bicyclic) bond motifs is 6. The molecule has 126 valence electrons. The van der Waals surface area contributed by atoms with Gasteiger partial charge in [-0.15, -0.1) is 0 Å². The van der Waals surface area contributed by atoms with Gasteiger partial charge in [-0.3, -0.25) is 4.79 Å². The highest BCUT2D eigenvalue weighted by atomic mass is 16.5. The molecule has 0 radical (unpaired) electrons. The predicted molar refractivity (Wildman–Crippen MR) is 90.0 cm³/mol. The van der Waals surface area contributed by atoms with E-state index in [2.05, 4.69) is 13.8 Å². The molecule has 6 atom stereocenters. The summed E-state index contributed by atoms with van der Waals surface area (Å²) in [6.07, 6.45) is 13.1. The van der Waals surface area contributed by atoms with Gasteiger partial charge in [-0.2, -0.15) is 0 Å². The van der Waals surface area contributed by atoms with Crippen LogP contribution in [-0.4, -0.2) is 18.0 Å². The summed E-state index contributed by atoms with van der Waals surface area (Å²) in [5, 5.41) is 0. The maximum atomic E-state index is 11.9. The Balaban J connectivity index is 1.50. The van der Waals surface area contributed by atoms with E-state index in [1.807, 2.05) is 6.08 Å². The van der Waals surface area contributed by atoms with E-state index in [9.17, 15) is 4.79 Å². The first-order chi connectivity index (χ1) is 11.0. The van der Waals surface area contributed by atoms with Crippen molar-refractivity contribution >= 4 is 5.78 Å². The number of ketones is 1. The Hall–Kier alpha value is -0.630. The molecule has 1 heterocycles. The van der Waals surface area contributed by atoms with Crippen LogP contribution in [0.1, 0.15) is 71.6 Å². The van der Waals surface area contributed by atoms with E-state index < -0.39 is 0 Å². The van der Waals surface area contributed by atoms with Gasteiger partial charge in [0.15, 0.2) is 5.78 Å². The molecule has 1 saturated heterocycles. The predicted octanol–water partition coefficient (Wildman–Crippen LogP) is 4.68. The summed E-state index contributed by atoms with van der Waals surface area (Å²) in [7, 11) is 0. The molecule has 0 bridgehead atoms. The lowest BCUT2D eigenvalue weighted by atomic mass is 9.46. The number of rotatable bonds is 0. The monoisotopic (exact) mass is 314 g/mol. The molecule has 1 spiro atoms. The highest BCUT2D eigenvalue weighted by Gasteiger charge is 2.66. The quantitative estimate of drug-likeness (QED) is 0.649. The third-order valence-corrected chi connectivity index (χ3v) is 9.14. The molecule has 0 aromatic heterocycles. The summed E-state index contributed by atoms with van der Waals surface area (Å²) in [5.74, 6) is 2.91. The van der Waals surface area contributed by atoms with Crippen molar-refractivity contribution in [2.24, 2.45) is 28.6 Å². The fourth-order valence-electron chi connectivity index (χ4n) is 7.65. The zero-order valence-corrected chi connectivity index (χ0v) is 14.7. The molecule has 3 saturated carbocycles. The molecule has 1 aliphatic heterocycles. The molecule has 0 aromatic rings. The summed E-state index contributed by atoms with van der Waals surface area (Å²) in [4.78, 5) is 11.9. The van der Waals surface area contributed by atoms with Crippen LogP contribution < -0.4 is 0 Å². The smallest absolute Gasteiger partial charge is 0.155 e. The van der Waals surface area contributed by atoms with Crippen molar-refractivity contribution < 1.29 is 9.53 Å². The van der Waals surface area contributed by atoms with Crippen molar-refractivity contribution in [3.8, 4) is 0 Å². The van der Waals surface area contributed by atoms with Gasteiger partial charge in [0.2, 0.25) is 0 Å². The van der Waals surface area contributed by atoms with Gasteiger partial charge in [0.05, 0.1) is 12.2 Å². The average Bonchev–Trinajstić information content (AvgIpc) is 2.81. The second kappa shape index (κ2) is 4.50. The summed E-state index contributed by atoms with van der Waals surface area (Å²) >= 11 is 0. The summed E-state index contributed by atoms with van der Waals surface area (Å²) in [6, 6.07) is 0. The molecule has 2 heteroatoms. The van der Waals surface area contributed by atoms with E-state index in [-0.39, 0.29) is 5.60 Å². The lowest BCUT2D eigenvalue weighted by Crippen LogP contribution is -2.59. The Morgan fingerprint density at radius 2 is 1.78 bits per heavy atom. The molecule has 0 aromatic carbocycles. The molecule has 4 fully saturated rings. The number of hydrogen-bond acceptors (Lipinski definition) is 2. The van der Waals surface area contributed by atoms with Crippen LogP contribution in [0.25, 0.3) is 0 Å². The van der Waals surface area contributed by atoms with Crippen LogP contribution in [-0.2, 0) is 9.53 Å². The molecular formula is C21H30O2. The molecule has 2 nitrogen and oxygen atoms in total. The van der Waals surface area contributed by atoms with E-state index in [0.717, 1.165) is 37.2 Å². The van der Waals surface area contributed by atoms with Crippen LogP contribution >= 0.6 is 0 Å². The van der Waals surface area contributed by atoms with E-state index in [1.54, 1.807) is 0 Å². The van der Waals surface area contributed by atoms with Crippen molar-refractivity contribution in [1.82, 2.24) is 0 Å². The Bertz CT molecular complexity index is 587. The molecule has 5 aliphatic rings. The average molecular weight is 314 g/mol. The van der Waals surface area contributed by atoms with Gasteiger partial charge in [0.25, 0.3) is 0 Å². The largest absolute Gasteiger partial charge is 0.374 e. The normalized spacial score (nSPS) is 54.8. The standard InChI is InChI=1S/C21H30O2/c1-19-8-5-15(22)13-14(19)3-4-16-17(19)6-9-20(2)18(16)7-10-21(20)11-12-23-21/h13,16-18H,3-12H2,1-2H3. The molecule has 0 N–H and O–H groups in total. The van der Waals surface area contributed by atoms with Gasteiger partial charge in [0, 0.05) is 12.8 Å². The fraction of sp³-hybridized carbons (Fsp3) is 0.857. The maximum Gasteiger partial charge on any atom is 0.155 e. The van der Waals surface area contributed by atoms with Gasteiger partial charge in [-0.1, -0.05) is 19.4 Å². The maximum absolute atomic E-state index is 11.9. The number of carbonyl (C=O) groups excluding carboxylic acids is 1. The first-order valence-corrected chi connectivity index (χ1v) is 9.86. The van der Waals surface area contributed by atoms with E-state index in [0.29, 0.717) is 16.6 Å². The number of carbonyl (C=O) groups is 1. The molecule has 4 aliphatic carbocycles. The molecule has 5 rings (SSSR count). The highest BCUT2D eigenvalue weighted by Crippen LogP contribution is 2.70. The topological polar surface area (TPSA) is 26.3 Å². The molecule has 6 unspecified atom stereocenters. The second-order valence-corrected chi connectivity index (χ2v) is 9.56. The van der Waals surface area contributed by atoms with Gasteiger partial charge < -0.3 is 4.74 Å². The minimum Gasteiger partial charge on any atom is -0.374 e.